The average Bonchev–Trinajstić information content (AvgIpc) is 2.54. The van der Waals surface area contributed by atoms with Gasteiger partial charge >= 0.3 is 0 Å². The summed E-state index contributed by atoms with van der Waals surface area (Å²) in [6.45, 7) is 8.59. The van der Waals surface area contributed by atoms with E-state index >= 15 is 0 Å². The third kappa shape index (κ3) is 5.44. The second kappa shape index (κ2) is 7.85. The molecule has 1 saturated heterocycles. The number of hydrogen-bond donors (Lipinski definition) is 2. The molecule has 2 N–H and O–H groups in total. The Morgan fingerprint density at radius 3 is 2.68 bits per heavy atom. The lowest BCUT2D eigenvalue weighted by molar-refractivity contribution is -0.133. The van der Waals surface area contributed by atoms with Crippen LogP contribution in [0.15, 0.2) is 24.3 Å². The van der Waals surface area contributed by atoms with Crippen molar-refractivity contribution in [2.24, 2.45) is 5.41 Å². The lowest BCUT2D eigenvalue weighted by atomic mass is 9.95. The van der Waals surface area contributed by atoms with Gasteiger partial charge in [-0.1, -0.05) is 26.8 Å². The highest BCUT2D eigenvalue weighted by atomic mass is 19.1. The number of hydrogen-bond acceptors (Lipinski definition) is 3. The van der Waals surface area contributed by atoms with Gasteiger partial charge in [0.15, 0.2) is 0 Å². The molecule has 1 heterocycles. The molecule has 2 amide bonds. The maximum atomic E-state index is 13.4. The maximum absolute atomic E-state index is 13.4. The molecule has 1 aliphatic heterocycles. The van der Waals surface area contributed by atoms with Gasteiger partial charge in [-0.05, 0) is 38.0 Å². The summed E-state index contributed by atoms with van der Waals surface area (Å²) in [6, 6.07) is 5.90. The number of carbonyl (C=O) groups is 2. The van der Waals surface area contributed by atoms with Crippen LogP contribution in [0.1, 0.15) is 40.5 Å². The molecule has 5 nitrogen and oxygen atoms in total. The van der Waals surface area contributed by atoms with Gasteiger partial charge in [0.25, 0.3) is 0 Å². The quantitative estimate of drug-likeness (QED) is 0.878. The van der Waals surface area contributed by atoms with E-state index in [0.717, 1.165) is 25.1 Å². The van der Waals surface area contributed by atoms with Gasteiger partial charge in [0.05, 0.1) is 0 Å². The van der Waals surface area contributed by atoms with Crippen molar-refractivity contribution in [2.45, 2.75) is 52.6 Å². The maximum Gasteiger partial charge on any atom is 0.242 e. The molecule has 2 rings (SSSR count). The van der Waals surface area contributed by atoms with Crippen molar-refractivity contribution in [1.29, 1.82) is 0 Å². The Morgan fingerprint density at radius 1 is 1.32 bits per heavy atom. The summed E-state index contributed by atoms with van der Waals surface area (Å²) in [7, 11) is 0. The van der Waals surface area contributed by atoms with E-state index in [0.29, 0.717) is 6.54 Å². The van der Waals surface area contributed by atoms with Gasteiger partial charge in [0.1, 0.15) is 11.9 Å². The summed E-state index contributed by atoms with van der Waals surface area (Å²) in [5.74, 6) is -0.606. The minimum Gasteiger partial charge on any atom is -0.369 e. The smallest absolute Gasteiger partial charge is 0.242 e. The van der Waals surface area contributed by atoms with Gasteiger partial charge in [-0.25, -0.2) is 4.39 Å². The molecule has 1 aliphatic rings. The van der Waals surface area contributed by atoms with E-state index in [-0.39, 0.29) is 23.7 Å². The molecule has 1 aromatic rings. The number of anilines is 1. The van der Waals surface area contributed by atoms with Crippen molar-refractivity contribution >= 4 is 17.5 Å². The van der Waals surface area contributed by atoms with Gasteiger partial charge in [-0.3, -0.25) is 9.59 Å². The number of benzene rings is 1. The van der Waals surface area contributed by atoms with Crippen molar-refractivity contribution in [3.05, 3.63) is 30.1 Å². The molecule has 2 atom stereocenters. The third-order valence-corrected chi connectivity index (χ3v) is 4.36. The Morgan fingerprint density at radius 2 is 2.04 bits per heavy atom. The normalized spacial score (nSPS) is 19.2. The first kappa shape index (κ1) is 19.2. The zero-order chi connectivity index (χ0) is 18.6. The molecule has 6 heteroatoms. The summed E-state index contributed by atoms with van der Waals surface area (Å²) >= 11 is 0. The van der Waals surface area contributed by atoms with Crippen molar-refractivity contribution in [1.82, 2.24) is 10.6 Å². The van der Waals surface area contributed by atoms with E-state index in [1.165, 1.54) is 12.1 Å². The van der Waals surface area contributed by atoms with Crippen molar-refractivity contribution in [3.63, 3.8) is 0 Å². The summed E-state index contributed by atoms with van der Waals surface area (Å²) < 4.78 is 13.4. The lowest BCUT2D eigenvalue weighted by Gasteiger charge is -2.35. The van der Waals surface area contributed by atoms with E-state index in [1.54, 1.807) is 13.0 Å². The van der Waals surface area contributed by atoms with Crippen LogP contribution in [0.2, 0.25) is 0 Å². The highest BCUT2D eigenvalue weighted by molar-refractivity contribution is 5.89. The molecule has 0 saturated carbocycles. The van der Waals surface area contributed by atoms with E-state index in [4.69, 9.17) is 0 Å². The molecular weight excluding hydrogens is 321 g/mol. The van der Waals surface area contributed by atoms with Crippen LogP contribution in [0, 0.1) is 11.2 Å². The van der Waals surface area contributed by atoms with Gasteiger partial charge < -0.3 is 15.5 Å². The van der Waals surface area contributed by atoms with E-state index in [2.05, 4.69) is 15.5 Å². The predicted octanol–water partition coefficient (Wildman–Crippen LogP) is 2.46. The summed E-state index contributed by atoms with van der Waals surface area (Å²) in [5.41, 5.74) is 0.293. The zero-order valence-electron chi connectivity index (χ0n) is 15.4. The number of nitrogens with one attached hydrogen (secondary N) is 2. The predicted molar refractivity (Wildman–Crippen MR) is 96.8 cm³/mol. The minimum absolute atomic E-state index is 0.0153. The summed E-state index contributed by atoms with van der Waals surface area (Å²) in [6.07, 6.45) is 1.79. The first-order valence-electron chi connectivity index (χ1n) is 8.78. The van der Waals surface area contributed by atoms with E-state index < -0.39 is 11.5 Å². The van der Waals surface area contributed by atoms with Gasteiger partial charge in [0, 0.05) is 30.2 Å². The van der Waals surface area contributed by atoms with Gasteiger partial charge in [-0.2, -0.15) is 0 Å². The van der Waals surface area contributed by atoms with Crippen LogP contribution in [0.5, 0.6) is 0 Å². The monoisotopic (exact) mass is 349 g/mol. The van der Waals surface area contributed by atoms with E-state index in [9.17, 15) is 14.0 Å². The molecule has 0 radical (unpaired) electrons. The average molecular weight is 349 g/mol. The number of amides is 2. The number of nitrogens with zero attached hydrogens (tertiary/aromatic N) is 1. The molecule has 0 aliphatic carbocycles. The topological polar surface area (TPSA) is 61.4 Å². The van der Waals surface area contributed by atoms with Crippen LogP contribution >= 0.6 is 0 Å². The zero-order valence-corrected chi connectivity index (χ0v) is 15.4. The molecule has 0 spiro atoms. The fourth-order valence-electron chi connectivity index (χ4n) is 2.81. The summed E-state index contributed by atoms with van der Waals surface area (Å²) in [5, 5.41) is 5.75. The van der Waals surface area contributed by atoms with Crippen LogP contribution in [0.3, 0.4) is 0 Å². The van der Waals surface area contributed by atoms with Crippen LogP contribution in [-0.2, 0) is 9.59 Å². The molecule has 0 unspecified atom stereocenters. The Bertz CT molecular complexity index is 627. The lowest BCUT2D eigenvalue weighted by Crippen LogP contribution is -2.54. The molecule has 1 fully saturated rings. The first-order valence-corrected chi connectivity index (χ1v) is 8.78. The second-order valence-corrected chi connectivity index (χ2v) is 7.72. The van der Waals surface area contributed by atoms with Crippen molar-refractivity contribution in [2.75, 3.05) is 18.0 Å². The molecule has 25 heavy (non-hydrogen) atoms. The Labute approximate surface area is 149 Å². The highest BCUT2D eigenvalue weighted by Gasteiger charge is 2.27. The highest BCUT2D eigenvalue weighted by Crippen LogP contribution is 2.21. The van der Waals surface area contributed by atoms with Crippen LogP contribution in [-0.4, -0.2) is 37.0 Å². The molecule has 0 bridgehead atoms. The largest absolute Gasteiger partial charge is 0.369 e. The van der Waals surface area contributed by atoms with Crippen LogP contribution in [0.4, 0.5) is 10.1 Å². The third-order valence-electron chi connectivity index (χ3n) is 4.36. The number of piperidine rings is 1. The van der Waals surface area contributed by atoms with Crippen molar-refractivity contribution < 1.29 is 14.0 Å². The fraction of sp³-hybridized carbons (Fsp3) is 0.579. The minimum atomic E-state index is -0.587. The van der Waals surface area contributed by atoms with Crippen molar-refractivity contribution in [3.8, 4) is 0 Å². The van der Waals surface area contributed by atoms with Crippen LogP contribution in [0.25, 0.3) is 0 Å². The number of carbonyl (C=O) groups excluding carboxylic acids is 2. The standard InChI is InChI=1S/C19H28FN3O2/c1-13(21-18(25)19(2,3)4)17(24)22-15-8-6-10-23(12-15)16-9-5-7-14(20)11-16/h5,7,9,11,13,15H,6,8,10,12H2,1-4H3,(H,21,25)(H,22,24)/t13-,15-/m0/s1. The molecular formula is C19H28FN3O2. The number of halogens is 1. The Balaban J connectivity index is 1.91. The Hall–Kier alpha value is -2.11. The van der Waals surface area contributed by atoms with Crippen LogP contribution < -0.4 is 15.5 Å². The fourth-order valence-corrected chi connectivity index (χ4v) is 2.81. The molecule has 0 aromatic heterocycles. The van der Waals surface area contributed by atoms with Gasteiger partial charge in [0.2, 0.25) is 11.8 Å². The molecule has 138 valence electrons. The first-order chi connectivity index (χ1) is 11.7. The SMILES string of the molecule is C[C@H](NC(=O)C(C)(C)C)C(=O)N[C@H]1CCCN(c2cccc(F)c2)C1. The van der Waals surface area contributed by atoms with Gasteiger partial charge in [-0.15, -0.1) is 0 Å². The Kier molecular flexibility index (Phi) is 6.03. The van der Waals surface area contributed by atoms with E-state index in [1.807, 2.05) is 26.8 Å². The summed E-state index contributed by atoms with van der Waals surface area (Å²) in [4.78, 5) is 26.5. The second-order valence-electron chi connectivity index (χ2n) is 7.72. The molecule has 1 aromatic carbocycles. The number of rotatable bonds is 4.